The van der Waals surface area contributed by atoms with Gasteiger partial charge in [0.15, 0.2) is 0 Å². The summed E-state index contributed by atoms with van der Waals surface area (Å²) in [6.45, 7) is 2.12. The summed E-state index contributed by atoms with van der Waals surface area (Å²) in [4.78, 5) is 4.55. The van der Waals surface area contributed by atoms with Crippen LogP contribution in [0.5, 0.6) is 5.75 Å². The van der Waals surface area contributed by atoms with E-state index in [1.807, 2.05) is 0 Å². The third-order valence-corrected chi connectivity index (χ3v) is 9.76. The number of anilines is 5. The molecule has 7 aromatic carbocycles. The van der Waals surface area contributed by atoms with Crippen molar-refractivity contribution in [2.45, 2.75) is 25.9 Å². The summed E-state index contributed by atoms with van der Waals surface area (Å²) in [5.41, 5.74) is 14.2. The summed E-state index contributed by atoms with van der Waals surface area (Å²) in [5, 5.41) is 0. The van der Waals surface area contributed by atoms with E-state index in [0.717, 1.165) is 63.7 Å². The fourth-order valence-corrected chi connectivity index (χ4v) is 6.79. The summed E-state index contributed by atoms with van der Waals surface area (Å²) < 4.78 is 6.77. The molecular weight excluding hydrogens is 609 g/mol. The smallest absolute Gasteiger partial charge is 0.149 e. The van der Waals surface area contributed by atoms with Crippen LogP contribution in [0.15, 0.2) is 176 Å². The van der Waals surface area contributed by atoms with Crippen molar-refractivity contribution >= 4 is 28.4 Å². The van der Waals surface area contributed by atoms with Crippen LogP contribution in [0.25, 0.3) is 11.1 Å². The van der Waals surface area contributed by atoms with Gasteiger partial charge >= 0.3 is 0 Å². The number of para-hydroxylation sites is 2. The minimum absolute atomic E-state index is 0.224. The van der Waals surface area contributed by atoms with E-state index in [-0.39, 0.29) is 6.10 Å². The predicted octanol–water partition coefficient (Wildman–Crippen LogP) is 12.2. The first kappa shape index (κ1) is 31.2. The van der Waals surface area contributed by atoms with Crippen molar-refractivity contribution in [1.29, 1.82) is 0 Å². The Morgan fingerprint density at radius 1 is 0.460 bits per heavy atom. The van der Waals surface area contributed by atoms with Gasteiger partial charge in [-0.2, -0.15) is 0 Å². The van der Waals surface area contributed by atoms with E-state index < -0.39 is 0 Å². The topological polar surface area (TPSA) is 15.7 Å². The maximum absolute atomic E-state index is 6.77. The fourth-order valence-electron chi connectivity index (χ4n) is 6.79. The summed E-state index contributed by atoms with van der Waals surface area (Å²) >= 11 is 0. The minimum atomic E-state index is -0.224. The summed E-state index contributed by atoms with van der Waals surface area (Å²) in [7, 11) is 2.12. The minimum Gasteiger partial charge on any atom is -0.481 e. The van der Waals surface area contributed by atoms with Gasteiger partial charge in [-0.1, -0.05) is 109 Å². The molecule has 1 unspecified atom stereocenters. The zero-order valence-electron chi connectivity index (χ0n) is 28.5. The molecule has 1 atom stereocenters. The Labute approximate surface area is 295 Å². The molecule has 0 N–H and O–H groups in total. The quantitative estimate of drug-likeness (QED) is 0.147. The molecule has 0 heterocycles. The number of benzene rings is 7. The van der Waals surface area contributed by atoms with E-state index in [0.29, 0.717) is 0 Å². The molecule has 0 aliphatic heterocycles. The number of hydrogen-bond acceptors (Lipinski definition) is 3. The first-order valence-corrected chi connectivity index (χ1v) is 17.4. The first-order valence-electron chi connectivity index (χ1n) is 17.4. The SMILES string of the molecule is Cc1ccc(C(Oc2ccc3c(c2)CC3)c2ccc(N(c3ccccc3)c3cccc(-c4cccc(N(C)c5ccccc5)c4)c3)cc2)cc1. The highest BCUT2D eigenvalue weighted by atomic mass is 16.5. The second-order valence-corrected chi connectivity index (χ2v) is 13.1. The molecule has 0 radical (unpaired) electrons. The number of hydrogen-bond donors (Lipinski definition) is 0. The molecule has 244 valence electrons. The molecule has 8 rings (SSSR count). The first-order chi connectivity index (χ1) is 24.6. The third kappa shape index (κ3) is 6.51. The van der Waals surface area contributed by atoms with E-state index in [1.165, 1.54) is 22.3 Å². The van der Waals surface area contributed by atoms with Gasteiger partial charge < -0.3 is 14.5 Å². The van der Waals surface area contributed by atoms with Crippen LogP contribution in [-0.2, 0) is 12.8 Å². The van der Waals surface area contributed by atoms with Gasteiger partial charge in [-0.25, -0.2) is 0 Å². The Bertz CT molecular complexity index is 2210. The molecule has 0 fully saturated rings. The van der Waals surface area contributed by atoms with Crippen molar-refractivity contribution in [2.75, 3.05) is 16.8 Å². The van der Waals surface area contributed by atoms with Gasteiger partial charge in [-0.05, 0) is 126 Å². The maximum atomic E-state index is 6.77. The summed E-state index contributed by atoms with van der Waals surface area (Å²) in [6, 6.07) is 62.7. The molecule has 0 saturated heterocycles. The normalized spacial score (nSPS) is 12.4. The number of rotatable bonds is 10. The van der Waals surface area contributed by atoms with Gasteiger partial charge in [0.1, 0.15) is 11.9 Å². The van der Waals surface area contributed by atoms with Crippen molar-refractivity contribution in [3.63, 3.8) is 0 Å². The van der Waals surface area contributed by atoms with Gasteiger partial charge in [0.2, 0.25) is 0 Å². The van der Waals surface area contributed by atoms with Crippen molar-refractivity contribution in [3.05, 3.63) is 204 Å². The second kappa shape index (κ2) is 13.8. The largest absolute Gasteiger partial charge is 0.481 e. The molecule has 7 aromatic rings. The van der Waals surface area contributed by atoms with Gasteiger partial charge in [-0.15, -0.1) is 0 Å². The van der Waals surface area contributed by atoms with Gasteiger partial charge in [0.25, 0.3) is 0 Å². The van der Waals surface area contributed by atoms with Gasteiger partial charge in [0.05, 0.1) is 0 Å². The second-order valence-electron chi connectivity index (χ2n) is 13.1. The average Bonchev–Trinajstić information content (AvgIpc) is 3.16. The van der Waals surface area contributed by atoms with E-state index in [4.69, 9.17) is 4.74 Å². The van der Waals surface area contributed by atoms with E-state index in [1.54, 1.807) is 0 Å². The average molecular weight is 649 g/mol. The lowest BCUT2D eigenvalue weighted by Crippen LogP contribution is -2.13. The highest BCUT2D eigenvalue weighted by molar-refractivity contribution is 5.81. The zero-order valence-corrected chi connectivity index (χ0v) is 28.5. The molecule has 3 heteroatoms. The van der Waals surface area contributed by atoms with Gasteiger partial charge in [0, 0.05) is 35.5 Å². The van der Waals surface area contributed by atoms with E-state index in [9.17, 15) is 0 Å². The van der Waals surface area contributed by atoms with Crippen LogP contribution >= 0.6 is 0 Å². The van der Waals surface area contributed by atoms with Crippen LogP contribution in [0, 0.1) is 6.92 Å². The van der Waals surface area contributed by atoms with Crippen LogP contribution in [0.4, 0.5) is 28.4 Å². The lowest BCUT2D eigenvalue weighted by atomic mass is 9.88. The highest BCUT2D eigenvalue weighted by Crippen LogP contribution is 2.39. The Morgan fingerprint density at radius 2 is 1.00 bits per heavy atom. The molecular formula is C47H40N2O. The third-order valence-electron chi connectivity index (χ3n) is 9.76. The Hall–Kier alpha value is -6.06. The van der Waals surface area contributed by atoms with E-state index >= 15 is 0 Å². The number of nitrogens with zero attached hydrogens (tertiary/aromatic N) is 2. The molecule has 1 aliphatic rings. The molecule has 50 heavy (non-hydrogen) atoms. The predicted molar refractivity (Wildman–Crippen MR) is 209 cm³/mol. The Kier molecular flexibility index (Phi) is 8.63. The molecule has 0 saturated carbocycles. The van der Waals surface area contributed by atoms with Crippen molar-refractivity contribution in [3.8, 4) is 16.9 Å². The molecule has 0 spiro atoms. The lowest BCUT2D eigenvalue weighted by molar-refractivity contribution is 0.247. The summed E-state index contributed by atoms with van der Waals surface area (Å²) in [6.07, 6.45) is 2.07. The van der Waals surface area contributed by atoms with Crippen LogP contribution in [0.3, 0.4) is 0 Å². The number of aryl methyl sites for hydroxylation is 3. The Morgan fingerprint density at radius 3 is 1.62 bits per heavy atom. The number of ether oxygens (including phenoxy) is 1. The molecule has 0 bridgehead atoms. The Balaban J connectivity index is 1.13. The van der Waals surface area contributed by atoms with E-state index in [2.05, 4.69) is 200 Å². The molecule has 3 nitrogen and oxygen atoms in total. The lowest BCUT2D eigenvalue weighted by Gasteiger charge is -2.27. The number of fused-ring (bicyclic) bond motifs is 1. The van der Waals surface area contributed by atoms with Crippen molar-refractivity contribution in [2.24, 2.45) is 0 Å². The molecule has 0 aromatic heterocycles. The molecule has 0 amide bonds. The van der Waals surface area contributed by atoms with Crippen LogP contribution in [-0.4, -0.2) is 7.05 Å². The monoisotopic (exact) mass is 648 g/mol. The maximum Gasteiger partial charge on any atom is 0.149 e. The highest BCUT2D eigenvalue weighted by Gasteiger charge is 2.21. The van der Waals surface area contributed by atoms with Crippen molar-refractivity contribution in [1.82, 2.24) is 0 Å². The summed E-state index contributed by atoms with van der Waals surface area (Å²) in [5.74, 6) is 0.917. The van der Waals surface area contributed by atoms with Crippen molar-refractivity contribution < 1.29 is 4.74 Å². The molecule has 1 aliphatic carbocycles. The zero-order chi connectivity index (χ0) is 33.9. The van der Waals surface area contributed by atoms with Crippen LogP contribution in [0.2, 0.25) is 0 Å². The standard InChI is InChI=1S/C47H40N2O/c1-34-19-21-36(22-20-34)47(50-46-30-27-35-23-24-40(35)33-46)37-25-28-43(29-26-37)49(42-15-7-4-8-16-42)45-18-10-12-39(32-45)38-11-9-17-44(31-38)48(2)41-13-5-3-6-14-41/h3-22,25-33,47H,23-24H2,1-2H3. The fraction of sp³-hybridized carbons (Fsp3) is 0.106. The van der Waals surface area contributed by atoms with Crippen LogP contribution < -0.4 is 14.5 Å². The van der Waals surface area contributed by atoms with Gasteiger partial charge in [-0.3, -0.25) is 0 Å². The van der Waals surface area contributed by atoms with Crippen LogP contribution in [0.1, 0.15) is 33.9 Å².